The van der Waals surface area contributed by atoms with Crippen molar-refractivity contribution < 1.29 is 9.21 Å². The Kier molecular flexibility index (Phi) is 5.93. The maximum Gasteiger partial charge on any atom is 0.255 e. The molecule has 2 aromatic rings. The van der Waals surface area contributed by atoms with Crippen LogP contribution >= 0.6 is 0 Å². The molecule has 0 radical (unpaired) electrons. The van der Waals surface area contributed by atoms with Gasteiger partial charge in [0.15, 0.2) is 0 Å². The Morgan fingerprint density at radius 3 is 2.81 bits per heavy atom. The number of carbonyl (C=O) groups is 1. The van der Waals surface area contributed by atoms with E-state index >= 15 is 0 Å². The molecular formula is C20H28N4O2. The molecule has 26 heavy (non-hydrogen) atoms. The second-order valence-electron chi connectivity index (χ2n) is 7.01. The predicted molar refractivity (Wildman–Crippen MR) is 102 cm³/mol. The van der Waals surface area contributed by atoms with Crippen LogP contribution in [0.15, 0.2) is 41.1 Å². The van der Waals surface area contributed by atoms with E-state index in [1.807, 2.05) is 29.2 Å². The molecule has 1 atom stereocenters. The topological polar surface area (TPSA) is 61.6 Å². The number of carbonyl (C=O) groups excluding carboxylic acids is 1. The Morgan fingerprint density at radius 1 is 1.35 bits per heavy atom. The minimum Gasteiger partial charge on any atom is -0.467 e. The molecule has 1 amide bonds. The second-order valence-corrected chi connectivity index (χ2v) is 7.01. The summed E-state index contributed by atoms with van der Waals surface area (Å²) in [5.41, 5.74) is 0.640. The van der Waals surface area contributed by atoms with Crippen LogP contribution in [-0.4, -0.2) is 52.4 Å². The molecule has 1 aliphatic heterocycles. The molecular weight excluding hydrogens is 328 g/mol. The van der Waals surface area contributed by atoms with Gasteiger partial charge in [-0.2, -0.15) is 0 Å². The second kappa shape index (κ2) is 8.36. The van der Waals surface area contributed by atoms with E-state index in [1.54, 1.807) is 12.5 Å². The zero-order valence-electron chi connectivity index (χ0n) is 15.8. The van der Waals surface area contributed by atoms with Gasteiger partial charge in [-0.15, -0.1) is 0 Å². The van der Waals surface area contributed by atoms with Gasteiger partial charge in [-0.1, -0.05) is 6.92 Å². The van der Waals surface area contributed by atoms with E-state index in [0.717, 1.165) is 37.6 Å². The van der Waals surface area contributed by atoms with E-state index in [2.05, 4.69) is 36.0 Å². The van der Waals surface area contributed by atoms with Gasteiger partial charge in [0.2, 0.25) is 0 Å². The Balaban J connectivity index is 1.59. The summed E-state index contributed by atoms with van der Waals surface area (Å²) in [7, 11) is 0. The molecule has 1 aliphatic rings. The first-order chi connectivity index (χ1) is 12.6. The SMILES string of the molecule is CCC1CN(C(=O)c2ccc(NCc3ccco3)nc2)CCN1C(C)C. The summed E-state index contributed by atoms with van der Waals surface area (Å²) in [5.74, 6) is 1.64. The molecule has 3 rings (SSSR count). The van der Waals surface area contributed by atoms with E-state index in [1.165, 1.54) is 0 Å². The maximum absolute atomic E-state index is 12.8. The lowest BCUT2D eigenvalue weighted by Crippen LogP contribution is -2.56. The smallest absolute Gasteiger partial charge is 0.255 e. The van der Waals surface area contributed by atoms with Crippen LogP contribution in [0.2, 0.25) is 0 Å². The van der Waals surface area contributed by atoms with Crippen molar-refractivity contribution in [1.29, 1.82) is 0 Å². The van der Waals surface area contributed by atoms with E-state index in [-0.39, 0.29) is 5.91 Å². The number of nitrogens with one attached hydrogen (secondary N) is 1. The summed E-state index contributed by atoms with van der Waals surface area (Å²) in [6, 6.07) is 8.39. The quantitative estimate of drug-likeness (QED) is 0.861. The summed E-state index contributed by atoms with van der Waals surface area (Å²) >= 11 is 0. The summed E-state index contributed by atoms with van der Waals surface area (Å²) in [6.07, 6.45) is 4.35. The van der Waals surface area contributed by atoms with E-state index in [4.69, 9.17) is 4.42 Å². The molecule has 3 heterocycles. The standard InChI is InChI=1S/C20H28N4O2/c1-4-17-14-23(9-10-24(17)15(2)3)20(25)16-7-8-19(21-12-16)22-13-18-6-5-11-26-18/h5-8,11-12,15,17H,4,9-10,13-14H2,1-3H3,(H,21,22). The van der Waals surface area contributed by atoms with Crippen LogP contribution in [0.25, 0.3) is 0 Å². The van der Waals surface area contributed by atoms with Crippen LogP contribution in [0.1, 0.15) is 43.3 Å². The molecule has 1 unspecified atom stereocenters. The molecule has 0 spiro atoms. The fourth-order valence-electron chi connectivity index (χ4n) is 3.50. The lowest BCUT2D eigenvalue weighted by atomic mass is 10.1. The number of anilines is 1. The Bertz CT molecular complexity index is 697. The number of amides is 1. The van der Waals surface area contributed by atoms with E-state index in [0.29, 0.717) is 24.2 Å². The van der Waals surface area contributed by atoms with Gasteiger partial charge in [-0.25, -0.2) is 4.98 Å². The van der Waals surface area contributed by atoms with Gasteiger partial charge >= 0.3 is 0 Å². The Morgan fingerprint density at radius 2 is 2.19 bits per heavy atom. The minimum atomic E-state index is 0.0666. The summed E-state index contributed by atoms with van der Waals surface area (Å²) in [5, 5.41) is 3.19. The molecule has 1 fully saturated rings. The third-order valence-corrected chi connectivity index (χ3v) is 4.98. The normalized spacial score (nSPS) is 18.3. The van der Waals surface area contributed by atoms with E-state index < -0.39 is 0 Å². The lowest BCUT2D eigenvalue weighted by molar-refractivity contribution is 0.0371. The van der Waals surface area contributed by atoms with Crippen LogP contribution in [0.4, 0.5) is 5.82 Å². The Labute approximate surface area is 155 Å². The zero-order valence-corrected chi connectivity index (χ0v) is 15.8. The number of piperazine rings is 1. The highest BCUT2D eigenvalue weighted by Crippen LogP contribution is 2.18. The molecule has 6 nitrogen and oxygen atoms in total. The predicted octanol–water partition coefficient (Wildman–Crippen LogP) is 3.23. The Hall–Kier alpha value is -2.34. The highest BCUT2D eigenvalue weighted by molar-refractivity contribution is 5.94. The maximum atomic E-state index is 12.8. The number of nitrogens with zero attached hydrogens (tertiary/aromatic N) is 3. The first-order valence-corrected chi connectivity index (χ1v) is 9.35. The van der Waals surface area contributed by atoms with Crippen molar-refractivity contribution in [2.45, 2.75) is 45.8 Å². The zero-order chi connectivity index (χ0) is 18.5. The molecule has 0 saturated carbocycles. The van der Waals surface area contributed by atoms with Crippen LogP contribution in [0.3, 0.4) is 0 Å². The molecule has 0 aliphatic carbocycles. The van der Waals surface area contributed by atoms with Crippen LogP contribution in [-0.2, 0) is 6.54 Å². The average Bonchev–Trinajstić information content (AvgIpc) is 3.19. The third-order valence-electron chi connectivity index (χ3n) is 4.98. The van der Waals surface area contributed by atoms with Crippen LogP contribution in [0.5, 0.6) is 0 Å². The van der Waals surface area contributed by atoms with Crippen molar-refractivity contribution in [1.82, 2.24) is 14.8 Å². The fraction of sp³-hybridized carbons (Fsp3) is 0.500. The van der Waals surface area contributed by atoms with Crippen molar-refractivity contribution in [2.75, 3.05) is 25.0 Å². The molecule has 140 valence electrons. The van der Waals surface area contributed by atoms with Gasteiger partial charge in [0.25, 0.3) is 5.91 Å². The first-order valence-electron chi connectivity index (χ1n) is 9.35. The van der Waals surface area contributed by atoms with Crippen molar-refractivity contribution in [3.05, 3.63) is 48.0 Å². The van der Waals surface area contributed by atoms with Crippen molar-refractivity contribution in [3.63, 3.8) is 0 Å². The van der Waals surface area contributed by atoms with Crippen LogP contribution in [0, 0.1) is 0 Å². The highest BCUT2D eigenvalue weighted by Gasteiger charge is 2.30. The molecule has 0 bridgehead atoms. The van der Waals surface area contributed by atoms with Gasteiger partial charge in [0, 0.05) is 37.9 Å². The van der Waals surface area contributed by atoms with Crippen molar-refractivity contribution in [2.24, 2.45) is 0 Å². The highest BCUT2D eigenvalue weighted by atomic mass is 16.3. The van der Waals surface area contributed by atoms with Gasteiger partial charge in [0.05, 0.1) is 18.4 Å². The van der Waals surface area contributed by atoms with Gasteiger partial charge in [-0.05, 0) is 44.5 Å². The molecule has 2 aromatic heterocycles. The third kappa shape index (κ3) is 4.25. The number of hydrogen-bond donors (Lipinski definition) is 1. The average molecular weight is 356 g/mol. The largest absolute Gasteiger partial charge is 0.467 e. The number of pyridine rings is 1. The van der Waals surface area contributed by atoms with Crippen molar-refractivity contribution in [3.8, 4) is 0 Å². The summed E-state index contributed by atoms with van der Waals surface area (Å²) in [4.78, 5) is 21.6. The van der Waals surface area contributed by atoms with Gasteiger partial charge in [-0.3, -0.25) is 9.69 Å². The number of hydrogen-bond acceptors (Lipinski definition) is 5. The molecule has 1 saturated heterocycles. The molecule has 6 heteroatoms. The summed E-state index contributed by atoms with van der Waals surface area (Å²) in [6.45, 7) is 9.69. The number of furan rings is 1. The lowest BCUT2D eigenvalue weighted by Gasteiger charge is -2.43. The van der Waals surface area contributed by atoms with Crippen molar-refractivity contribution >= 4 is 11.7 Å². The first kappa shape index (κ1) is 18.5. The number of aromatic nitrogens is 1. The number of rotatable bonds is 6. The van der Waals surface area contributed by atoms with Crippen LogP contribution < -0.4 is 5.32 Å². The van der Waals surface area contributed by atoms with E-state index in [9.17, 15) is 4.79 Å². The molecule has 0 aromatic carbocycles. The minimum absolute atomic E-state index is 0.0666. The summed E-state index contributed by atoms with van der Waals surface area (Å²) < 4.78 is 5.29. The van der Waals surface area contributed by atoms with Gasteiger partial charge in [0.1, 0.15) is 11.6 Å². The fourth-order valence-corrected chi connectivity index (χ4v) is 3.50. The monoisotopic (exact) mass is 356 g/mol. The molecule has 1 N–H and O–H groups in total. The van der Waals surface area contributed by atoms with Gasteiger partial charge < -0.3 is 14.6 Å².